The van der Waals surface area contributed by atoms with Crippen LogP contribution in [-0.2, 0) is 18.4 Å². The fourth-order valence-electron chi connectivity index (χ4n) is 4.01. The summed E-state index contributed by atoms with van der Waals surface area (Å²) >= 11 is 0. The summed E-state index contributed by atoms with van der Waals surface area (Å²) in [6, 6.07) is 15.1. The van der Waals surface area contributed by atoms with Crippen LogP contribution in [0.25, 0.3) is 22.7 Å². The van der Waals surface area contributed by atoms with E-state index in [1.54, 1.807) is 6.07 Å². The quantitative estimate of drug-likeness (QED) is 0.453. The highest BCUT2D eigenvalue weighted by Gasteiger charge is 2.24. The molecule has 0 radical (unpaired) electrons. The maximum absolute atomic E-state index is 13.2. The summed E-state index contributed by atoms with van der Waals surface area (Å²) in [6.07, 6.45) is 5.49. The van der Waals surface area contributed by atoms with Gasteiger partial charge in [-0.3, -0.25) is 4.79 Å². The highest BCUT2D eigenvalue weighted by atomic mass is 16.5. The SMILES string of the molecule is CC(C)(C)c1noc(-c2ccccc2C(=O)Nc2cccc(-c3cn4c(n3)CCCC4)c2)n1. The largest absolute Gasteiger partial charge is 0.334 e. The zero-order chi connectivity index (χ0) is 23.0. The molecule has 4 aromatic rings. The summed E-state index contributed by atoms with van der Waals surface area (Å²) in [4.78, 5) is 22.5. The zero-order valence-corrected chi connectivity index (χ0v) is 19.1. The van der Waals surface area contributed by atoms with Gasteiger partial charge in [-0.05, 0) is 37.1 Å². The van der Waals surface area contributed by atoms with Gasteiger partial charge in [0.2, 0.25) is 0 Å². The number of aromatic nitrogens is 4. The van der Waals surface area contributed by atoms with Crippen LogP contribution in [-0.4, -0.2) is 25.6 Å². The number of hydrogen-bond acceptors (Lipinski definition) is 5. The van der Waals surface area contributed by atoms with E-state index in [2.05, 4.69) is 26.2 Å². The molecule has 0 unspecified atom stereocenters. The molecule has 0 spiro atoms. The summed E-state index contributed by atoms with van der Waals surface area (Å²) in [5, 5.41) is 7.11. The van der Waals surface area contributed by atoms with Crippen molar-refractivity contribution in [3.63, 3.8) is 0 Å². The van der Waals surface area contributed by atoms with Crippen molar-refractivity contribution in [3.8, 4) is 22.7 Å². The van der Waals surface area contributed by atoms with Gasteiger partial charge in [-0.25, -0.2) is 4.98 Å². The van der Waals surface area contributed by atoms with Crippen molar-refractivity contribution < 1.29 is 9.32 Å². The average molecular weight is 442 g/mol. The molecular weight excluding hydrogens is 414 g/mol. The lowest BCUT2D eigenvalue weighted by molar-refractivity contribution is 0.102. The lowest BCUT2D eigenvalue weighted by atomic mass is 9.96. The molecule has 5 rings (SSSR count). The van der Waals surface area contributed by atoms with E-state index in [1.165, 1.54) is 12.8 Å². The van der Waals surface area contributed by atoms with E-state index >= 15 is 0 Å². The minimum Gasteiger partial charge on any atom is -0.334 e. The smallest absolute Gasteiger partial charge is 0.258 e. The van der Waals surface area contributed by atoms with E-state index in [9.17, 15) is 4.79 Å². The van der Waals surface area contributed by atoms with Gasteiger partial charge in [-0.15, -0.1) is 0 Å². The standard InChI is InChI=1S/C26H27N5O2/c1-26(2,3)25-29-24(33-30-25)20-12-5-4-11-19(20)23(32)27-18-10-8-9-17(15-18)21-16-31-14-7-6-13-22(31)28-21/h4-5,8-12,15-16H,6-7,13-14H2,1-3H3,(H,27,32). The molecule has 0 aliphatic carbocycles. The van der Waals surface area contributed by atoms with Gasteiger partial charge in [0.25, 0.3) is 11.8 Å². The van der Waals surface area contributed by atoms with Gasteiger partial charge in [-0.2, -0.15) is 4.98 Å². The Balaban J connectivity index is 1.40. The Kier molecular flexibility index (Phi) is 5.32. The molecule has 1 N–H and O–H groups in total. The number of rotatable bonds is 4. The monoisotopic (exact) mass is 441 g/mol. The summed E-state index contributed by atoms with van der Waals surface area (Å²) in [5.74, 6) is 1.84. The van der Waals surface area contributed by atoms with Gasteiger partial charge in [-0.1, -0.05) is 50.2 Å². The van der Waals surface area contributed by atoms with Gasteiger partial charge in [0.1, 0.15) is 5.82 Å². The maximum atomic E-state index is 13.2. The topological polar surface area (TPSA) is 85.8 Å². The number of nitrogens with zero attached hydrogens (tertiary/aromatic N) is 4. The Bertz CT molecular complexity index is 1290. The molecule has 0 saturated carbocycles. The van der Waals surface area contributed by atoms with Crippen LogP contribution in [0.3, 0.4) is 0 Å². The van der Waals surface area contributed by atoms with E-state index in [0.717, 1.165) is 30.0 Å². The summed E-state index contributed by atoms with van der Waals surface area (Å²) in [6.45, 7) is 7.07. The van der Waals surface area contributed by atoms with E-state index in [-0.39, 0.29) is 11.3 Å². The third-order valence-corrected chi connectivity index (χ3v) is 5.82. The zero-order valence-electron chi connectivity index (χ0n) is 19.1. The molecule has 7 nitrogen and oxygen atoms in total. The number of aryl methyl sites for hydroxylation is 2. The van der Waals surface area contributed by atoms with Crippen LogP contribution in [0.2, 0.25) is 0 Å². The summed E-state index contributed by atoms with van der Waals surface area (Å²) in [5.41, 5.74) is 3.46. The lowest BCUT2D eigenvalue weighted by Crippen LogP contribution is -2.14. The minimum absolute atomic E-state index is 0.234. The fourth-order valence-corrected chi connectivity index (χ4v) is 4.01. The van der Waals surface area contributed by atoms with E-state index in [1.807, 2.05) is 63.2 Å². The average Bonchev–Trinajstić information content (AvgIpc) is 3.47. The first-order valence-electron chi connectivity index (χ1n) is 11.3. The molecule has 168 valence electrons. The fraction of sp³-hybridized carbons (Fsp3) is 0.308. The van der Waals surface area contributed by atoms with Crippen LogP contribution >= 0.6 is 0 Å². The Morgan fingerprint density at radius 2 is 1.91 bits per heavy atom. The van der Waals surface area contributed by atoms with Gasteiger partial charge < -0.3 is 14.4 Å². The van der Waals surface area contributed by atoms with Crippen molar-refractivity contribution in [1.82, 2.24) is 19.7 Å². The van der Waals surface area contributed by atoms with Gasteiger partial charge in [0.15, 0.2) is 5.82 Å². The van der Waals surface area contributed by atoms with E-state index < -0.39 is 0 Å². The van der Waals surface area contributed by atoms with Gasteiger partial charge in [0, 0.05) is 35.8 Å². The molecule has 1 aliphatic rings. The van der Waals surface area contributed by atoms with Crippen molar-refractivity contribution in [2.24, 2.45) is 0 Å². The molecule has 2 aromatic carbocycles. The predicted octanol–water partition coefficient (Wildman–Crippen LogP) is 5.49. The van der Waals surface area contributed by atoms with E-state index in [0.29, 0.717) is 28.5 Å². The number of hydrogen-bond donors (Lipinski definition) is 1. The molecule has 0 saturated heterocycles. The third kappa shape index (κ3) is 4.31. The van der Waals surface area contributed by atoms with Crippen LogP contribution < -0.4 is 5.32 Å². The summed E-state index contributed by atoms with van der Waals surface area (Å²) in [7, 11) is 0. The number of carbonyl (C=O) groups is 1. The molecule has 0 fully saturated rings. The van der Waals surface area contributed by atoms with Crippen molar-refractivity contribution in [1.29, 1.82) is 0 Å². The van der Waals surface area contributed by atoms with Crippen molar-refractivity contribution in [2.45, 2.75) is 52.0 Å². The van der Waals surface area contributed by atoms with Crippen molar-refractivity contribution in [3.05, 3.63) is 71.9 Å². The third-order valence-electron chi connectivity index (χ3n) is 5.82. The minimum atomic E-state index is -0.244. The molecule has 0 bridgehead atoms. The van der Waals surface area contributed by atoms with Crippen LogP contribution in [0.1, 0.15) is 55.6 Å². The first-order chi connectivity index (χ1) is 15.9. The highest BCUT2D eigenvalue weighted by molar-refractivity contribution is 6.08. The first-order valence-corrected chi connectivity index (χ1v) is 11.3. The second kappa shape index (κ2) is 8.31. The molecule has 1 amide bonds. The number of benzene rings is 2. The second-order valence-electron chi connectivity index (χ2n) is 9.45. The molecule has 2 aromatic heterocycles. The number of nitrogens with one attached hydrogen (secondary N) is 1. The number of anilines is 1. The van der Waals surface area contributed by atoms with Crippen LogP contribution in [0.5, 0.6) is 0 Å². The van der Waals surface area contributed by atoms with Crippen molar-refractivity contribution >= 4 is 11.6 Å². The molecule has 0 atom stereocenters. The molecule has 3 heterocycles. The number of amides is 1. The Morgan fingerprint density at radius 1 is 1.06 bits per heavy atom. The van der Waals surface area contributed by atoms with Crippen LogP contribution in [0.15, 0.2) is 59.3 Å². The Morgan fingerprint density at radius 3 is 2.70 bits per heavy atom. The first kappa shape index (κ1) is 21.1. The number of carbonyl (C=O) groups excluding carboxylic acids is 1. The molecule has 33 heavy (non-hydrogen) atoms. The van der Waals surface area contributed by atoms with Crippen molar-refractivity contribution in [2.75, 3.05) is 5.32 Å². The molecule has 1 aliphatic heterocycles. The Labute approximate surface area is 192 Å². The van der Waals surface area contributed by atoms with Crippen LogP contribution in [0, 0.1) is 0 Å². The van der Waals surface area contributed by atoms with E-state index in [4.69, 9.17) is 9.51 Å². The van der Waals surface area contributed by atoms with Crippen LogP contribution in [0.4, 0.5) is 5.69 Å². The second-order valence-corrected chi connectivity index (χ2v) is 9.45. The van der Waals surface area contributed by atoms with Gasteiger partial charge in [0.05, 0.1) is 16.8 Å². The normalized spacial score (nSPS) is 13.5. The number of imidazole rings is 1. The number of fused-ring (bicyclic) bond motifs is 1. The molecular formula is C26H27N5O2. The Hall–Kier alpha value is -3.74. The maximum Gasteiger partial charge on any atom is 0.258 e. The predicted molar refractivity (Wildman–Crippen MR) is 127 cm³/mol. The van der Waals surface area contributed by atoms with Gasteiger partial charge >= 0.3 is 0 Å². The summed E-state index contributed by atoms with van der Waals surface area (Å²) < 4.78 is 7.72. The lowest BCUT2D eigenvalue weighted by Gasteiger charge is -2.11. The highest BCUT2D eigenvalue weighted by Crippen LogP contribution is 2.28. The molecule has 7 heteroatoms.